The zero-order valence-corrected chi connectivity index (χ0v) is 19.9. The Hall–Kier alpha value is -3.12. The van der Waals surface area contributed by atoms with Gasteiger partial charge in [0.25, 0.3) is 10.0 Å². The fourth-order valence-corrected chi connectivity index (χ4v) is 5.57. The van der Waals surface area contributed by atoms with Crippen LogP contribution in [-0.4, -0.2) is 27.0 Å². The van der Waals surface area contributed by atoms with Crippen LogP contribution in [0.3, 0.4) is 0 Å². The fraction of sp³-hybridized carbons (Fsp3) is 0.269. The number of nitrogens with zero attached hydrogens (tertiary/aromatic N) is 1. The molecule has 3 aromatic carbocycles. The first kappa shape index (κ1) is 23.5. The second-order valence-electron chi connectivity index (χ2n) is 8.52. The zero-order chi connectivity index (χ0) is 23.5. The first-order chi connectivity index (χ1) is 15.1. The van der Waals surface area contributed by atoms with Crippen molar-refractivity contribution in [1.82, 2.24) is 0 Å². The fourth-order valence-electron chi connectivity index (χ4n) is 3.74. The van der Waals surface area contributed by atoms with Crippen molar-refractivity contribution in [2.24, 2.45) is 0 Å². The van der Waals surface area contributed by atoms with Gasteiger partial charge in [-0.3, -0.25) is 4.31 Å². The van der Waals surface area contributed by atoms with Gasteiger partial charge in [-0.1, -0.05) is 55.5 Å². The number of hydrogen-bond donors (Lipinski definition) is 0. The van der Waals surface area contributed by atoms with Crippen molar-refractivity contribution in [1.29, 1.82) is 0 Å². The van der Waals surface area contributed by atoms with Crippen LogP contribution >= 0.6 is 0 Å². The summed E-state index contributed by atoms with van der Waals surface area (Å²) in [6, 6.07) is 22.0. The summed E-state index contributed by atoms with van der Waals surface area (Å²) in [6.07, 6.45) is 0.592. The van der Waals surface area contributed by atoms with Crippen LogP contribution in [0.1, 0.15) is 43.6 Å². The predicted molar refractivity (Wildman–Crippen MR) is 128 cm³/mol. The Morgan fingerprint density at radius 3 is 2.03 bits per heavy atom. The van der Waals surface area contributed by atoms with Crippen LogP contribution in [0.4, 0.5) is 5.69 Å². The quantitative estimate of drug-likeness (QED) is 0.451. The lowest BCUT2D eigenvalue weighted by atomic mass is 10.0. The number of methoxy groups -OCH3 is 1. The highest BCUT2D eigenvalue weighted by Gasteiger charge is 2.35. The van der Waals surface area contributed by atoms with E-state index < -0.39 is 21.5 Å². The molecule has 3 rings (SSSR count). The molecule has 0 N–H and O–H groups in total. The number of rotatable bonds is 6. The number of ether oxygens (including phenoxy) is 1. The highest BCUT2D eigenvalue weighted by molar-refractivity contribution is 7.93. The molecule has 0 heterocycles. The minimum Gasteiger partial charge on any atom is -0.465 e. The average Bonchev–Trinajstić information content (AvgIpc) is 2.78. The largest absolute Gasteiger partial charge is 0.465 e. The normalized spacial score (nSPS) is 11.8. The topological polar surface area (TPSA) is 63.7 Å². The lowest BCUT2D eigenvalue weighted by Crippen LogP contribution is -2.45. The second kappa shape index (κ2) is 9.17. The molecule has 0 aliphatic carbocycles. The van der Waals surface area contributed by atoms with Gasteiger partial charge in [-0.15, -0.1) is 0 Å². The van der Waals surface area contributed by atoms with E-state index >= 15 is 0 Å². The first-order valence-electron chi connectivity index (χ1n) is 10.5. The predicted octanol–water partition coefficient (Wildman–Crippen LogP) is 5.70. The summed E-state index contributed by atoms with van der Waals surface area (Å²) in [5.74, 6) is -0.548. The third-order valence-electron chi connectivity index (χ3n) is 5.22. The SMILES string of the molecule is CCc1ccc(S(=O)(=O)N(c2ccc(-c3ccccc3)cc2)C(C)(C)C)cc1C(=O)OC. The van der Waals surface area contributed by atoms with Gasteiger partial charge in [-0.2, -0.15) is 0 Å². The summed E-state index contributed by atoms with van der Waals surface area (Å²) < 4.78 is 33.8. The number of carbonyl (C=O) groups is 1. The van der Waals surface area contributed by atoms with Crippen molar-refractivity contribution in [3.8, 4) is 11.1 Å². The number of aryl methyl sites for hydroxylation is 1. The van der Waals surface area contributed by atoms with E-state index in [1.807, 2.05) is 82.3 Å². The van der Waals surface area contributed by atoms with E-state index in [-0.39, 0.29) is 10.5 Å². The van der Waals surface area contributed by atoms with Gasteiger partial charge in [-0.05, 0) is 68.1 Å². The van der Waals surface area contributed by atoms with Crippen molar-refractivity contribution in [2.45, 2.75) is 44.6 Å². The van der Waals surface area contributed by atoms with Crippen LogP contribution in [-0.2, 0) is 21.2 Å². The summed E-state index contributed by atoms with van der Waals surface area (Å²) in [5, 5.41) is 0. The van der Waals surface area contributed by atoms with Crippen LogP contribution in [0.25, 0.3) is 11.1 Å². The summed E-state index contributed by atoms with van der Waals surface area (Å²) in [5.41, 5.74) is 2.89. The molecule has 5 nitrogen and oxygen atoms in total. The third-order valence-corrected chi connectivity index (χ3v) is 7.31. The third kappa shape index (κ3) is 4.70. The van der Waals surface area contributed by atoms with Crippen LogP contribution < -0.4 is 4.31 Å². The molecule has 0 atom stereocenters. The van der Waals surface area contributed by atoms with E-state index in [0.29, 0.717) is 12.1 Å². The Balaban J connectivity index is 2.09. The van der Waals surface area contributed by atoms with Crippen LogP contribution in [0.5, 0.6) is 0 Å². The van der Waals surface area contributed by atoms with E-state index in [2.05, 4.69) is 0 Å². The number of benzene rings is 3. The molecule has 0 spiro atoms. The number of hydrogen-bond acceptors (Lipinski definition) is 4. The molecule has 0 amide bonds. The molecular formula is C26H29NO4S. The number of sulfonamides is 1. The smallest absolute Gasteiger partial charge is 0.338 e. The van der Waals surface area contributed by atoms with Crippen molar-refractivity contribution in [3.63, 3.8) is 0 Å². The maximum absolute atomic E-state index is 13.8. The summed E-state index contributed by atoms with van der Waals surface area (Å²) >= 11 is 0. The number of esters is 1. The van der Waals surface area contributed by atoms with Crippen LogP contribution in [0.2, 0.25) is 0 Å². The Kier molecular flexibility index (Phi) is 6.74. The molecule has 0 aromatic heterocycles. The Morgan fingerprint density at radius 2 is 1.50 bits per heavy atom. The minimum atomic E-state index is -3.95. The van der Waals surface area contributed by atoms with Crippen LogP contribution in [0.15, 0.2) is 77.7 Å². The molecule has 0 aliphatic rings. The van der Waals surface area contributed by atoms with Crippen LogP contribution in [0, 0.1) is 0 Å². The highest BCUT2D eigenvalue weighted by Crippen LogP contribution is 2.33. The Morgan fingerprint density at radius 1 is 0.906 bits per heavy atom. The number of anilines is 1. The van der Waals surface area contributed by atoms with Gasteiger partial charge < -0.3 is 4.74 Å². The average molecular weight is 452 g/mol. The standard InChI is InChI=1S/C26H29NO4S/c1-6-19-14-17-23(18-24(19)25(28)31-5)32(29,30)27(26(2,3)4)22-15-12-21(13-16-22)20-10-8-7-9-11-20/h7-18H,6H2,1-5H3. The van der Waals surface area contributed by atoms with Crippen molar-refractivity contribution < 1.29 is 17.9 Å². The molecule has 0 unspecified atom stereocenters. The van der Waals surface area contributed by atoms with E-state index in [4.69, 9.17) is 4.74 Å². The maximum Gasteiger partial charge on any atom is 0.338 e. The van der Waals surface area contributed by atoms with Gasteiger partial charge in [0, 0.05) is 5.54 Å². The van der Waals surface area contributed by atoms with Gasteiger partial charge >= 0.3 is 5.97 Å². The molecule has 0 radical (unpaired) electrons. The lowest BCUT2D eigenvalue weighted by Gasteiger charge is -2.36. The second-order valence-corrected chi connectivity index (χ2v) is 10.3. The summed E-state index contributed by atoms with van der Waals surface area (Å²) in [4.78, 5) is 12.3. The lowest BCUT2D eigenvalue weighted by molar-refractivity contribution is 0.0599. The van der Waals surface area contributed by atoms with E-state index in [1.54, 1.807) is 12.1 Å². The van der Waals surface area contributed by atoms with Gasteiger partial charge in [0.15, 0.2) is 0 Å². The van der Waals surface area contributed by atoms with E-state index in [0.717, 1.165) is 16.7 Å². The van der Waals surface area contributed by atoms with Crippen molar-refractivity contribution in [2.75, 3.05) is 11.4 Å². The van der Waals surface area contributed by atoms with Crippen molar-refractivity contribution in [3.05, 3.63) is 83.9 Å². The molecular weight excluding hydrogens is 422 g/mol. The van der Waals surface area contributed by atoms with Gasteiger partial charge in [0.2, 0.25) is 0 Å². The first-order valence-corrected chi connectivity index (χ1v) is 12.0. The zero-order valence-electron chi connectivity index (χ0n) is 19.1. The van der Waals surface area contributed by atoms with Gasteiger partial charge in [-0.25, -0.2) is 13.2 Å². The molecule has 0 bridgehead atoms. The Bertz CT molecular complexity index is 1190. The highest BCUT2D eigenvalue weighted by atomic mass is 32.2. The van der Waals surface area contributed by atoms with E-state index in [9.17, 15) is 13.2 Å². The monoisotopic (exact) mass is 451 g/mol. The van der Waals surface area contributed by atoms with Gasteiger partial charge in [0.1, 0.15) is 0 Å². The van der Waals surface area contributed by atoms with Gasteiger partial charge in [0.05, 0.1) is 23.3 Å². The summed E-state index contributed by atoms with van der Waals surface area (Å²) in [7, 11) is -2.66. The molecule has 0 saturated carbocycles. The molecule has 3 aromatic rings. The maximum atomic E-state index is 13.8. The molecule has 0 saturated heterocycles. The number of carbonyl (C=O) groups excluding carboxylic acids is 1. The summed E-state index contributed by atoms with van der Waals surface area (Å²) in [6.45, 7) is 7.44. The molecule has 0 aliphatic heterocycles. The molecule has 168 valence electrons. The Labute approximate surface area is 190 Å². The molecule has 6 heteroatoms. The molecule has 0 fully saturated rings. The van der Waals surface area contributed by atoms with Crippen molar-refractivity contribution >= 4 is 21.7 Å². The molecule has 32 heavy (non-hydrogen) atoms. The minimum absolute atomic E-state index is 0.0529. The van der Waals surface area contributed by atoms with E-state index in [1.165, 1.54) is 17.5 Å².